The summed E-state index contributed by atoms with van der Waals surface area (Å²) in [6.07, 6.45) is 7.71. The summed E-state index contributed by atoms with van der Waals surface area (Å²) in [7, 11) is -1.46. The molecule has 1 unspecified atom stereocenters. The number of hydrogen-bond acceptors (Lipinski definition) is 4. The number of benzene rings is 1. The molecule has 1 aromatic rings. The van der Waals surface area contributed by atoms with Crippen LogP contribution in [0.15, 0.2) is 72.2 Å². The van der Waals surface area contributed by atoms with Crippen molar-refractivity contribution >= 4 is 22.6 Å². The number of ketones is 1. The zero-order valence-electron chi connectivity index (χ0n) is 11.9. The van der Waals surface area contributed by atoms with E-state index in [0.717, 1.165) is 0 Å². The van der Waals surface area contributed by atoms with Gasteiger partial charge in [0.25, 0.3) is 0 Å². The molecule has 0 fully saturated rings. The number of carbonyl (C=O) groups is 2. The van der Waals surface area contributed by atoms with E-state index in [1.54, 1.807) is 30.3 Å². The van der Waals surface area contributed by atoms with Gasteiger partial charge in [-0.15, -0.1) is 6.58 Å². The standard InChI is InChI=1S/C17H16O4S/c1-2-10-17(11-8-14(18)9-12-17)21-16(19)13-22(20)15-6-4-3-5-7-15/h2-9,11-12H,1,10,13H2. The van der Waals surface area contributed by atoms with Gasteiger partial charge in [-0.3, -0.25) is 13.8 Å². The Morgan fingerprint density at radius 1 is 1.23 bits per heavy atom. The summed E-state index contributed by atoms with van der Waals surface area (Å²) in [5, 5.41) is 0. The summed E-state index contributed by atoms with van der Waals surface area (Å²) >= 11 is 0. The first kappa shape index (κ1) is 16.1. The lowest BCUT2D eigenvalue weighted by molar-refractivity contribution is -0.148. The Morgan fingerprint density at radius 2 is 1.86 bits per heavy atom. The molecule has 4 nitrogen and oxygen atoms in total. The summed E-state index contributed by atoms with van der Waals surface area (Å²) in [6, 6.07) is 8.72. The minimum absolute atomic E-state index is 0.163. The number of carbonyl (C=O) groups excluding carboxylic acids is 2. The fourth-order valence-electron chi connectivity index (χ4n) is 2.03. The van der Waals surface area contributed by atoms with Gasteiger partial charge >= 0.3 is 5.97 Å². The predicted octanol–water partition coefficient (Wildman–Crippen LogP) is 2.35. The highest BCUT2D eigenvalue weighted by atomic mass is 32.2. The average Bonchev–Trinajstić information content (AvgIpc) is 2.51. The van der Waals surface area contributed by atoms with Gasteiger partial charge in [-0.05, 0) is 36.4 Å². The normalized spacial score (nSPS) is 17.0. The number of esters is 1. The maximum Gasteiger partial charge on any atom is 0.320 e. The monoisotopic (exact) mass is 316 g/mol. The first-order valence-electron chi connectivity index (χ1n) is 6.73. The van der Waals surface area contributed by atoms with Crippen LogP contribution >= 0.6 is 0 Å². The molecule has 0 saturated carbocycles. The highest BCUT2D eigenvalue weighted by Crippen LogP contribution is 2.24. The highest BCUT2D eigenvalue weighted by molar-refractivity contribution is 7.85. The van der Waals surface area contributed by atoms with E-state index in [9.17, 15) is 13.8 Å². The zero-order chi connectivity index (χ0) is 16.0. The molecular weight excluding hydrogens is 300 g/mol. The van der Waals surface area contributed by atoms with Crippen molar-refractivity contribution in [3.63, 3.8) is 0 Å². The van der Waals surface area contributed by atoms with E-state index in [1.807, 2.05) is 6.07 Å². The molecule has 0 aliphatic heterocycles. The highest BCUT2D eigenvalue weighted by Gasteiger charge is 2.30. The van der Waals surface area contributed by atoms with Crippen LogP contribution in [0.2, 0.25) is 0 Å². The Labute approximate surface area is 131 Å². The minimum atomic E-state index is -1.46. The van der Waals surface area contributed by atoms with Gasteiger partial charge in [-0.25, -0.2) is 0 Å². The SMILES string of the molecule is C=CCC1(OC(=O)CS(=O)c2ccccc2)C=CC(=O)C=C1. The molecule has 114 valence electrons. The Balaban J connectivity index is 2.05. The van der Waals surface area contributed by atoms with Crippen molar-refractivity contribution in [2.24, 2.45) is 0 Å². The summed E-state index contributed by atoms with van der Waals surface area (Å²) in [5.74, 6) is -0.991. The van der Waals surface area contributed by atoms with Crippen LogP contribution in [0, 0.1) is 0 Å². The molecule has 0 N–H and O–H groups in total. The van der Waals surface area contributed by atoms with E-state index in [4.69, 9.17) is 4.74 Å². The van der Waals surface area contributed by atoms with Crippen molar-refractivity contribution in [2.45, 2.75) is 16.9 Å². The molecule has 1 atom stereocenters. The molecule has 2 rings (SSSR count). The first-order chi connectivity index (χ1) is 10.5. The van der Waals surface area contributed by atoms with Crippen LogP contribution in [0.4, 0.5) is 0 Å². The Kier molecular flexibility index (Phi) is 5.22. The van der Waals surface area contributed by atoms with Gasteiger partial charge in [0.05, 0.1) is 10.8 Å². The molecule has 0 bridgehead atoms. The third kappa shape index (κ3) is 4.11. The minimum Gasteiger partial charge on any atom is -0.449 e. The Bertz CT molecular complexity index is 642. The van der Waals surface area contributed by atoms with Gasteiger partial charge in [-0.2, -0.15) is 0 Å². The molecule has 0 spiro atoms. The Hall–Kier alpha value is -2.27. The largest absolute Gasteiger partial charge is 0.449 e. The van der Waals surface area contributed by atoms with Gasteiger partial charge in [0.1, 0.15) is 5.75 Å². The number of rotatable bonds is 6. The van der Waals surface area contributed by atoms with Crippen molar-refractivity contribution in [2.75, 3.05) is 5.75 Å². The van der Waals surface area contributed by atoms with Gasteiger partial charge < -0.3 is 4.74 Å². The van der Waals surface area contributed by atoms with Crippen molar-refractivity contribution in [3.8, 4) is 0 Å². The second kappa shape index (κ2) is 7.13. The van der Waals surface area contributed by atoms with Crippen molar-refractivity contribution in [1.29, 1.82) is 0 Å². The van der Waals surface area contributed by atoms with Crippen LogP contribution in [0.5, 0.6) is 0 Å². The van der Waals surface area contributed by atoms with Gasteiger partial charge in [0, 0.05) is 11.3 Å². The lowest BCUT2D eigenvalue weighted by atomic mass is 9.93. The second-order valence-corrected chi connectivity index (χ2v) is 6.24. The molecular formula is C17H16O4S. The predicted molar refractivity (Wildman–Crippen MR) is 84.6 cm³/mol. The van der Waals surface area contributed by atoms with Crippen LogP contribution in [0.1, 0.15) is 6.42 Å². The zero-order valence-corrected chi connectivity index (χ0v) is 12.8. The molecule has 0 radical (unpaired) electrons. The van der Waals surface area contributed by atoms with Gasteiger partial charge in [0.15, 0.2) is 11.4 Å². The van der Waals surface area contributed by atoms with E-state index < -0.39 is 22.4 Å². The first-order valence-corrected chi connectivity index (χ1v) is 8.05. The summed E-state index contributed by atoms with van der Waals surface area (Å²) < 4.78 is 17.5. The Morgan fingerprint density at radius 3 is 2.45 bits per heavy atom. The molecule has 1 aliphatic rings. The van der Waals surface area contributed by atoms with E-state index in [0.29, 0.717) is 11.3 Å². The summed E-state index contributed by atoms with van der Waals surface area (Å²) in [6.45, 7) is 3.63. The molecule has 0 saturated heterocycles. The maximum absolute atomic E-state index is 12.1. The average molecular weight is 316 g/mol. The molecule has 1 aliphatic carbocycles. The molecule has 1 aromatic carbocycles. The van der Waals surface area contributed by atoms with Crippen molar-refractivity contribution in [3.05, 3.63) is 67.3 Å². The summed E-state index contributed by atoms with van der Waals surface area (Å²) in [5.41, 5.74) is -1.02. The molecule has 0 amide bonds. The van der Waals surface area contributed by atoms with Crippen LogP contribution in [-0.2, 0) is 25.1 Å². The van der Waals surface area contributed by atoms with Gasteiger partial charge in [-0.1, -0.05) is 24.3 Å². The van der Waals surface area contributed by atoms with Crippen molar-refractivity contribution < 1.29 is 18.5 Å². The lowest BCUT2D eigenvalue weighted by Crippen LogP contribution is -2.34. The lowest BCUT2D eigenvalue weighted by Gasteiger charge is -2.27. The maximum atomic E-state index is 12.1. The van der Waals surface area contributed by atoms with Crippen LogP contribution in [-0.4, -0.2) is 27.3 Å². The van der Waals surface area contributed by atoms with Crippen LogP contribution in [0.25, 0.3) is 0 Å². The van der Waals surface area contributed by atoms with E-state index in [2.05, 4.69) is 6.58 Å². The molecule has 0 heterocycles. The third-order valence-corrected chi connectivity index (χ3v) is 4.38. The summed E-state index contributed by atoms with van der Waals surface area (Å²) in [4.78, 5) is 23.8. The second-order valence-electron chi connectivity index (χ2n) is 4.79. The molecule has 0 aromatic heterocycles. The topological polar surface area (TPSA) is 60.4 Å². The molecule has 22 heavy (non-hydrogen) atoms. The fourth-order valence-corrected chi connectivity index (χ4v) is 2.93. The van der Waals surface area contributed by atoms with E-state index >= 15 is 0 Å². The van der Waals surface area contributed by atoms with E-state index in [-0.39, 0.29) is 11.5 Å². The van der Waals surface area contributed by atoms with Crippen LogP contribution in [0.3, 0.4) is 0 Å². The smallest absolute Gasteiger partial charge is 0.320 e. The van der Waals surface area contributed by atoms with Crippen molar-refractivity contribution in [1.82, 2.24) is 0 Å². The van der Waals surface area contributed by atoms with Crippen LogP contribution < -0.4 is 0 Å². The number of ether oxygens (including phenoxy) is 1. The van der Waals surface area contributed by atoms with E-state index in [1.165, 1.54) is 24.3 Å². The third-order valence-electron chi connectivity index (χ3n) is 3.08. The van der Waals surface area contributed by atoms with Gasteiger partial charge in [0.2, 0.25) is 0 Å². The number of hydrogen-bond donors (Lipinski definition) is 0. The molecule has 5 heteroatoms. The quantitative estimate of drug-likeness (QED) is 0.597. The number of allylic oxidation sites excluding steroid dienone is 2. The fraction of sp³-hybridized carbons (Fsp3) is 0.176.